The van der Waals surface area contributed by atoms with E-state index in [4.69, 9.17) is 5.11 Å². The Balaban J connectivity index is 2.72. The lowest BCUT2D eigenvalue weighted by atomic mass is 10.1. The highest BCUT2D eigenvalue weighted by Gasteiger charge is 2.41. The first-order valence-electron chi connectivity index (χ1n) is 6.99. The smallest absolute Gasteiger partial charge is 0.406 e. The molecule has 7 nitrogen and oxygen atoms in total. The number of carbonyl (C=O) groups excluding carboxylic acids is 2. The van der Waals surface area contributed by atoms with Gasteiger partial charge in [-0.1, -0.05) is 0 Å². The molecule has 1 N–H and O–H groups in total. The average molecular weight is 339 g/mol. The molecule has 10 heteroatoms. The Morgan fingerprint density at radius 3 is 2.39 bits per heavy atom. The number of carboxylic acids is 1. The summed E-state index contributed by atoms with van der Waals surface area (Å²) < 4.78 is 37.1. The highest BCUT2D eigenvalue weighted by Crippen LogP contribution is 2.25. The van der Waals surface area contributed by atoms with Gasteiger partial charge in [0.15, 0.2) is 0 Å². The van der Waals surface area contributed by atoms with Crippen LogP contribution in [0.3, 0.4) is 0 Å². The van der Waals surface area contributed by atoms with Crippen LogP contribution in [0.2, 0.25) is 0 Å². The maximum atomic E-state index is 12.4. The molecule has 0 aromatic heterocycles. The maximum absolute atomic E-state index is 12.4. The van der Waals surface area contributed by atoms with E-state index in [1.54, 1.807) is 19.0 Å². The molecule has 1 heterocycles. The molecule has 0 spiro atoms. The zero-order chi connectivity index (χ0) is 17.8. The van der Waals surface area contributed by atoms with Crippen molar-refractivity contribution in [1.82, 2.24) is 14.7 Å². The second kappa shape index (κ2) is 7.62. The van der Waals surface area contributed by atoms with Crippen molar-refractivity contribution < 1.29 is 32.7 Å². The highest BCUT2D eigenvalue weighted by atomic mass is 19.4. The van der Waals surface area contributed by atoms with Crippen LogP contribution in [0.15, 0.2) is 0 Å². The first-order valence-corrected chi connectivity index (χ1v) is 6.99. The summed E-state index contributed by atoms with van der Waals surface area (Å²) >= 11 is 0. The molecule has 1 unspecified atom stereocenters. The van der Waals surface area contributed by atoms with Crippen molar-refractivity contribution in [2.24, 2.45) is 5.92 Å². The van der Waals surface area contributed by atoms with Crippen molar-refractivity contribution in [3.8, 4) is 0 Å². The minimum absolute atomic E-state index is 0.127. The van der Waals surface area contributed by atoms with Gasteiger partial charge in [-0.2, -0.15) is 13.2 Å². The van der Waals surface area contributed by atoms with Gasteiger partial charge in [0.25, 0.3) is 0 Å². The number of carboxylic acid groups (broad SMARTS) is 1. The summed E-state index contributed by atoms with van der Waals surface area (Å²) in [4.78, 5) is 38.2. The number of likely N-dealkylation sites (N-methyl/N-ethyl adjacent to an activating group) is 1. The van der Waals surface area contributed by atoms with Crippen molar-refractivity contribution in [3.63, 3.8) is 0 Å². The van der Waals surface area contributed by atoms with Crippen LogP contribution in [-0.2, 0) is 14.4 Å². The topological polar surface area (TPSA) is 81.2 Å². The predicted molar refractivity (Wildman–Crippen MR) is 73.5 cm³/mol. The molecule has 0 aromatic rings. The van der Waals surface area contributed by atoms with Gasteiger partial charge < -0.3 is 19.8 Å². The molecule has 0 saturated carbocycles. The van der Waals surface area contributed by atoms with Crippen molar-refractivity contribution in [2.75, 3.05) is 46.8 Å². The van der Waals surface area contributed by atoms with E-state index in [-0.39, 0.29) is 19.5 Å². The summed E-state index contributed by atoms with van der Waals surface area (Å²) in [6.45, 7) is -1.74. The Bertz CT molecular complexity index is 468. The molecule has 1 atom stereocenters. The fourth-order valence-corrected chi connectivity index (χ4v) is 2.32. The molecule has 0 radical (unpaired) electrons. The lowest BCUT2D eigenvalue weighted by Crippen LogP contribution is -2.44. The van der Waals surface area contributed by atoms with Gasteiger partial charge in [0.1, 0.15) is 13.1 Å². The molecule has 1 saturated heterocycles. The molecule has 1 aliphatic rings. The Morgan fingerprint density at radius 1 is 1.30 bits per heavy atom. The lowest BCUT2D eigenvalue weighted by molar-refractivity contribution is -0.157. The van der Waals surface area contributed by atoms with Crippen LogP contribution in [0.5, 0.6) is 0 Å². The minimum atomic E-state index is -4.53. The van der Waals surface area contributed by atoms with Crippen molar-refractivity contribution in [1.29, 1.82) is 0 Å². The monoisotopic (exact) mass is 339 g/mol. The standard InChI is InChI=1S/C13H20F3N3O4/c1-17(2)3-4-18(7-11(21)22)12(23)9-5-10(20)19(6-9)8-13(14,15)16/h9H,3-8H2,1-2H3,(H,21,22). The van der Waals surface area contributed by atoms with Gasteiger partial charge >= 0.3 is 12.1 Å². The second-order valence-corrected chi connectivity index (χ2v) is 5.75. The lowest BCUT2D eigenvalue weighted by Gasteiger charge is -2.25. The van der Waals surface area contributed by atoms with Gasteiger partial charge in [0.05, 0.1) is 5.92 Å². The summed E-state index contributed by atoms with van der Waals surface area (Å²) in [5, 5.41) is 8.86. The third kappa shape index (κ3) is 6.43. The van der Waals surface area contributed by atoms with E-state index in [0.29, 0.717) is 11.4 Å². The number of likely N-dealkylation sites (tertiary alicyclic amines) is 1. The number of carbonyl (C=O) groups is 3. The normalized spacial score (nSPS) is 18.6. The second-order valence-electron chi connectivity index (χ2n) is 5.75. The third-order valence-electron chi connectivity index (χ3n) is 3.39. The molecule has 1 fully saturated rings. The predicted octanol–water partition coefficient (Wildman–Crippen LogP) is -0.128. The molecular formula is C13H20F3N3O4. The first-order chi connectivity index (χ1) is 10.5. The largest absolute Gasteiger partial charge is 0.480 e. The Labute approximate surface area is 131 Å². The minimum Gasteiger partial charge on any atom is -0.480 e. The van der Waals surface area contributed by atoms with E-state index in [0.717, 1.165) is 4.90 Å². The quantitative estimate of drug-likeness (QED) is 0.699. The maximum Gasteiger partial charge on any atom is 0.406 e. The van der Waals surface area contributed by atoms with Crippen LogP contribution in [0.4, 0.5) is 13.2 Å². The van der Waals surface area contributed by atoms with E-state index >= 15 is 0 Å². The number of nitrogens with zero attached hydrogens (tertiary/aromatic N) is 3. The van der Waals surface area contributed by atoms with Crippen LogP contribution in [0.25, 0.3) is 0 Å². The SMILES string of the molecule is CN(C)CCN(CC(=O)O)C(=O)C1CC(=O)N(CC(F)(F)F)C1. The Kier molecular flexibility index (Phi) is 6.37. The molecule has 132 valence electrons. The fourth-order valence-electron chi connectivity index (χ4n) is 2.32. The molecule has 1 rings (SSSR count). The van der Waals surface area contributed by atoms with Crippen LogP contribution < -0.4 is 0 Å². The zero-order valence-electron chi connectivity index (χ0n) is 13.0. The molecular weight excluding hydrogens is 319 g/mol. The van der Waals surface area contributed by atoms with Crippen molar-refractivity contribution >= 4 is 17.8 Å². The number of halogens is 3. The van der Waals surface area contributed by atoms with E-state index in [2.05, 4.69) is 0 Å². The van der Waals surface area contributed by atoms with Crippen molar-refractivity contribution in [3.05, 3.63) is 0 Å². The van der Waals surface area contributed by atoms with E-state index in [1.807, 2.05) is 0 Å². The van der Waals surface area contributed by atoms with Gasteiger partial charge in [-0.3, -0.25) is 14.4 Å². The number of hydrogen-bond acceptors (Lipinski definition) is 4. The van der Waals surface area contributed by atoms with Gasteiger partial charge in [-0.05, 0) is 14.1 Å². The van der Waals surface area contributed by atoms with Crippen LogP contribution >= 0.6 is 0 Å². The number of hydrogen-bond donors (Lipinski definition) is 1. The van der Waals surface area contributed by atoms with Gasteiger partial charge in [-0.15, -0.1) is 0 Å². The third-order valence-corrected chi connectivity index (χ3v) is 3.39. The summed E-state index contributed by atoms with van der Waals surface area (Å²) in [5.41, 5.74) is 0. The summed E-state index contributed by atoms with van der Waals surface area (Å²) in [6.07, 6.45) is -4.85. The Hall–Kier alpha value is -1.84. The molecule has 2 amide bonds. The van der Waals surface area contributed by atoms with E-state index in [1.165, 1.54) is 0 Å². The number of aliphatic carboxylic acids is 1. The van der Waals surface area contributed by atoms with Crippen molar-refractivity contribution in [2.45, 2.75) is 12.6 Å². The van der Waals surface area contributed by atoms with E-state index < -0.39 is 43.0 Å². The highest BCUT2D eigenvalue weighted by molar-refractivity contribution is 5.90. The molecule has 1 aliphatic heterocycles. The zero-order valence-corrected chi connectivity index (χ0v) is 13.0. The van der Waals surface area contributed by atoms with Crippen LogP contribution in [0, 0.1) is 5.92 Å². The number of amides is 2. The van der Waals surface area contributed by atoms with Gasteiger partial charge in [0.2, 0.25) is 11.8 Å². The first kappa shape index (κ1) is 19.2. The summed E-state index contributed by atoms with van der Waals surface area (Å²) in [7, 11) is 3.49. The number of alkyl halides is 3. The van der Waals surface area contributed by atoms with E-state index in [9.17, 15) is 27.6 Å². The summed E-state index contributed by atoms with van der Waals surface area (Å²) in [6, 6.07) is 0. The van der Waals surface area contributed by atoms with Crippen LogP contribution in [-0.4, -0.2) is 90.6 Å². The molecule has 0 aromatic carbocycles. The summed E-state index contributed by atoms with van der Waals surface area (Å²) in [5.74, 6) is -3.50. The molecule has 0 aliphatic carbocycles. The van der Waals surface area contributed by atoms with Gasteiger partial charge in [0, 0.05) is 26.1 Å². The van der Waals surface area contributed by atoms with Gasteiger partial charge in [-0.25, -0.2) is 0 Å². The Morgan fingerprint density at radius 2 is 1.91 bits per heavy atom. The molecule has 0 bridgehead atoms. The average Bonchev–Trinajstić information content (AvgIpc) is 2.72. The van der Waals surface area contributed by atoms with Crippen LogP contribution in [0.1, 0.15) is 6.42 Å². The number of rotatable bonds is 7. The fraction of sp³-hybridized carbons (Fsp3) is 0.769. The molecule has 23 heavy (non-hydrogen) atoms.